The molecule has 140 valence electrons. The number of hydrogen-bond acceptors (Lipinski definition) is 3. The summed E-state index contributed by atoms with van der Waals surface area (Å²) in [6, 6.07) is 10.1. The number of imidazole rings is 1. The SMILES string of the molecule is CC(C)c1nccn1CC1CCN(CC(=O)NCc2ccccc2)CC1. The van der Waals surface area contributed by atoms with Gasteiger partial charge in [0.25, 0.3) is 0 Å². The van der Waals surface area contributed by atoms with E-state index < -0.39 is 0 Å². The lowest BCUT2D eigenvalue weighted by Crippen LogP contribution is -2.41. The molecule has 1 saturated heterocycles. The van der Waals surface area contributed by atoms with Gasteiger partial charge in [0.2, 0.25) is 5.91 Å². The van der Waals surface area contributed by atoms with E-state index in [-0.39, 0.29) is 5.91 Å². The third-order valence-corrected chi connectivity index (χ3v) is 5.13. The lowest BCUT2D eigenvalue weighted by atomic mass is 9.96. The van der Waals surface area contributed by atoms with E-state index in [0.717, 1.165) is 38.0 Å². The highest BCUT2D eigenvalue weighted by Gasteiger charge is 2.22. The monoisotopic (exact) mass is 354 g/mol. The largest absolute Gasteiger partial charge is 0.351 e. The Kier molecular flexibility index (Phi) is 6.45. The second-order valence-electron chi connectivity index (χ2n) is 7.57. The quantitative estimate of drug-likeness (QED) is 0.831. The molecule has 0 spiro atoms. The fourth-order valence-electron chi connectivity index (χ4n) is 3.64. The highest BCUT2D eigenvalue weighted by molar-refractivity contribution is 5.78. The Balaban J connectivity index is 1.39. The third kappa shape index (κ3) is 5.18. The van der Waals surface area contributed by atoms with Crippen molar-refractivity contribution in [1.29, 1.82) is 0 Å². The summed E-state index contributed by atoms with van der Waals surface area (Å²) < 4.78 is 2.30. The molecule has 0 bridgehead atoms. The molecule has 3 rings (SSSR count). The molecule has 5 heteroatoms. The molecule has 26 heavy (non-hydrogen) atoms. The zero-order valence-electron chi connectivity index (χ0n) is 15.9. The average Bonchev–Trinajstić information content (AvgIpc) is 3.11. The molecule has 1 aliphatic heterocycles. The van der Waals surface area contributed by atoms with Crippen molar-refractivity contribution >= 4 is 5.91 Å². The van der Waals surface area contributed by atoms with Crippen LogP contribution in [0.25, 0.3) is 0 Å². The fraction of sp³-hybridized carbons (Fsp3) is 0.524. The Labute approximate surface area is 156 Å². The number of rotatable bonds is 7. The Hall–Kier alpha value is -2.14. The van der Waals surface area contributed by atoms with Gasteiger partial charge < -0.3 is 9.88 Å². The van der Waals surface area contributed by atoms with Crippen molar-refractivity contribution in [3.05, 3.63) is 54.1 Å². The number of nitrogens with one attached hydrogen (secondary N) is 1. The molecule has 0 unspecified atom stereocenters. The fourth-order valence-corrected chi connectivity index (χ4v) is 3.64. The molecule has 1 aliphatic rings. The summed E-state index contributed by atoms with van der Waals surface area (Å²) in [5.74, 6) is 2.42. The van der Waals surface area contributed by atoms with Crippen LogP contribution in [0.1, 0.15) is 44.0 Å². The van der Waals surface area contributed by atoms with Crippen molar-refractivity contribution in [2.24, 2.45) is 5.92 Å². The number of aromatic nitrogens is 2. The van der Waals surface area contributed by atoms with E-state index in [1.54, 1.807) is 0 Å². The second-order valence-corrected chi connectivity index (χ2v) is 7.57. The summed E-state index contributed by atoms with van der Waals surface area (Å²) in [6.45, 7) is 8.52. The van der Waals surface area contributed by atoms with Gasteiger partial charge in [0.15, 0.2) is 0 Å². The van der Waals surface area contributed by atoms with Crippen LogP contribution in [0, 0.1) is 5.92 Å². The van der Waals surface area contributed by atoms with Crippen LogP contribution < -0.4 is 5.32 Å². The van der Waals surface area contributed by atoms with Crippen LogP contribution >= 0.6 is 0 Å². The summed E-state index contributed by atoms with van der Waals surface area (Å²) in [7, 11) is 0. The average molecular weight is 354 g/mol. The third-order valence-electron chi connectivity index (χ3n) is 5.13. The van der Waals surface area contributed by atoms with Crippen molar-refractivity contribution in [3.8, 4) is 0 Å². The van der Waals surface area contributed by atoms with Gasteiger partial charge >= 0.3 is 0 Å². The van der Waals surface area contributed by atoms with E-state index in [9.17, 15) is 4.79 Å². The normalized spacial score (nSPS) is 16.1. The lowest BCUT2D eigenvalue weighted by Gasteiger charge is -2.32. The Morgan fingerprint density at radius 3 is 2.65 bits per heavy atom. The minimum absolute atomic E-state index is 0.115. The van der Waals surface area contributed by atoms with Crippen LogP contribution in [0.3, 0.4) is 0 Å². The number of carbonyl (C=O) groups is 1. The molecule has 0 saturated carbocycles. The first kappa shape index (κ1) is 18.6. The van der Waals surface area contributed by atoms with Gasteiger partial charge in [-0.15, -0.1) is 0 Å². The van der Waals surface area contributed by atoms with E-state index in [1.807, 2.05) is 36.5 Å². The number of piperidine rings is 1. The lowest BCUT2D eigenvalue weighted by molar-refractivity contribution is -0.122. The van der Waals surface area contributed by atoms with Crippen LogP contribution in [0.2, 0.25) is 0 Å². The van der Waals surface area contributed by atoms with E-state index in [0.29, 0.717) is 24.9 Å². The highest BCUT2D eigenvalue weighted by Crippen LogP contribution is 2.21. The Morgan fingerprint density at radius 1 is 1.23 bits per heavy atom. The standard InChI is InChI=1S/C21H30N4O/c1-17(2)21-22-10-13-25(21)15-19-8-11-24(12-9-19)16-20(26)23-14-18-6-4-3-5-7-18/h3-7,10,13,17,19H,8-9,11-12,14-16H2,1-2H3,(H,23,26). The molecule has 0 radical (unpaired) electrons. The first-order valence-electron chi connectivity index (χ1n) is 9.66. The maximum atomic E-state index is 12.2. The molecular formula is C21H30N4O. The van der Waals surface area contributed by atoms with Gasteiger partial charge in [0.05, 0.1) is 6.54 Å². The summed E-state index contributed by atoms with van der Waals surface area (Å²) >= 11 is 0. The van der Waals surface area contributed by atoms with Crippen molar-refractivity contribution in [3.63, 3.8) is 0 Å². The van der Waals surface area contributed by atoms with Gasteiger partial charge in [0.1, 0.15) is 5.82 Å². The van der Waals surface area contributed by atoms with Gasteiger partial charge in [-0.2, -0.15) is 0 Å². The maximum absolute atomic E-state index is 12.2. The molecule has 5 nitrogen and oxygen atoms in total. The maximum Gasteiger partial charge on any atom is 0.234 e. The molecule has 0 atom stereocenters. The molecular weight excluding hydrogens is 324 g/mol. The summed E-state index contributed by atoms with van der Waals surface area (Å²) in [5.41, 5.74) is 1.14. The molecule has 1 fully saturated rings. The van der Waals surface area contributed by atoms with Crippen molar-refractivity contribution in [2.75, 3.05) is 19.6 Å². The van der Waals surface area contributed by atoms with Gasteiger partial charge in [-0.25, -0.2) is 4.98 Å². The van der Waals surface area contributed by atoms with Crippen LogP contribution in [0.15, 0.2) is 42.7 Å². The van der Waals surface area contributed by atoms with Crippen LogP contribution in [0.5, 0.6) is 0 Å². The zero-order chi connectivity index (χ0) is 18.4. The second kappa shape index (κ2) is 8.99. The van der Waals surface area contributed by atoms with Crippen molar-refractivity contribution < 1.29 is 4.79 Å². The number of amides is 1. The smallest absolute Gasteiger partial charge is 0.234 e. The first-order chi connectivity index (χ1) is 12.6. The highest BCUT2D eigenvalue weighted by atomic mass is 16.2. The number of likely N-dealkylation sites (tertiary alicyclic amines) is 1. The minimum atomic E-state index is 0.115. The number of hydrogen-bond donors (Lipinski definition) is 1. The molecule has 1 aromatic heterocycles. The van der Waals surface area contributed by atoms with Gasteiger partial charge in [-0.05, 0) is 37.4 Å². The van der Waals surface area contributed by atoms with Crippen molar-refractivity contribution in [2.45, 2.75) is 45.7 Å². The predicted molar refractivity (Wildman–Crippen MR) is 104 cm³/mol. The van der Waals surface area contributed by atoms with Crippen LogP contribution in [-0.2, 0) is 17.9 Å². The predicted octanol–water partition coefficient (Wildman–Crippen LogP) is 3.03. The molecule has 1 amide bonds. The zero-order valence-corrected chi connectivity index (χ0v) is 15.9. The summed E-state index contributed by atoms with van der Waals surface area (Å²) in [4.78, 5) is 18.9. The van der Waals surface area contributed by atoms with E-state index in [1.165, 1.54) is 5.82 Å². The van der Waals surface area contributed by atoms with Crippen molar-refractivity contribution in [1.82, 2.24) is 19.8 Å². The van der Waals surface area contributed by atoms with Crippen LogP contribution in [0.4, 0.5) is 0 Å². The number of carbonyl (C=O) groups excluding carboxylic acids is 1. The molecule has 1 aromatic carbocycles. The van der Waals surface area contributed by atoms with Gasteiger partial charge in [-0.1, -0.05) is 44.2 Å². The van der Waals surface area contributed by atoms with E-state index >= 15 is 0 Å². The van der Waals surface area contributed by atoms with E-state index in [2.05, 4.69) is 39.8 Å². The summed E-state index contributed by atoms with van der Waals surface area (Å²) in [6.07, 6.45) is 6.28. The number of benzene rings is 1. The molecule has 0 aliphatic carbocycles. The molecule has 1 N–H and O–H groups in total. The van der Waals surface area contributed by atoms with E-state index in [4.69, 9.17) is 0 Å². The Bertz CT molecular complexity index is 687. The molecule has 2 heterocycles. The van der Waals surface area contributed by atoms with Crippen LogP contribution in [-0.4, -0.2) is 40.0 Å². The topological polar surface area (TPSA) is 50.2 Å². The molecule has 2 aromatic rings. The minimum Gasteiger partial charge on any atom is -0.351 e. The van der Waals surface area contributed by atoms with Gasteiger partial charge in [-0.3, -0.25) is 9.69 Å². The first-order valence-corrected chi connectivity index (χ1v) is 9.66. The van der Waals surface area contributed by atoms with Gasteiger partial charge in [0, 0.05) is 31.4 Å². The summed E-state index contributed by atoms with van der Waals surface area (Å²) in [5, 5.41) is 3.02. The number of nitrogens with zero attached hydrogens (tertiary/aromatic N) is 3. The Morgan fingerprint density at radius 2 is 1.96 bits per heavy atom.